The summed E-state index contributed by atoms with van der Waals surface area (Å²) in [6.07, 6.45) is 1.86. The van der Waals surface area contributed by atoms with Crippen LogP contribution < -0.4 is 4.74 Å². The van der Waals surface area contributed by atoms with Crippen molar-refractivity contribution in [3.63, 3.8) is 0 Å². The maximum absolute atomic E-state index is 13.3. The Bertz CT molecular complexity index is 1110. The summed E-state index contributed by atoms with van der Waals surface area (Å²) in [6.45, 7) is 2.55. The van der Waals surface area contributed by atoms with E-state index in [1.807, 2.05) is 53.4 Å². The van der Waals surface area contributed by atoms with Gasteiger partial charge in [-0.1, -0.05) is 30.3 Å². The van der Waals surface area contributed by atoms with E-state index in [1.165, 1.54) is 0 Å². The number of amides is 2. The van der Waals surface area contributed by atoms with E-state index >= 15 is 0 Å². The predicted molar refractivity (Wildman–Crippen MR) is 125 cm³/mol. The number of para-hydroxylation sites is 1. The number of methoxy groups -OCH3 is 2. The molecule has 0 unspecified atom stereocenters. The molecule has 174 valence electrons. The van der Waals surface area contributed by atoms with Crippen molar-refractivity contribution in [3.05, 3.63) is 65.4 Å². The molecule has 2 amide bonds. The minimum absolute atomic E-state index is 0.115. The highest BCUT2D eigenvalue weighted by molar-refractivity contribution is 5.99. The van der Waals surface area contributed by atoms with Crippen molar-refractivity contribution in [2.24, 2.45) is 0 Å². The van der Waals surface area contributed by atoms with Gasteiger partial charge in [0.15, 0.2) is 5.76 Å². The SMILES string of the molecule is COCc1c(C(=O)N2CCCN(C(=O)CCc3ccc(OC)cc3)CC2)oc2ccccc12. The third-order valence-electron chi connectivity index (χ3n) is 6.10. The Hall–Kier alpha value is -3.32. The van der Waals surface area contributed by atoms with Crippen LogP contribution in [0, 0.1) is 0 Å². The molecular weight excluding hydrogens is 420 g/mol. The number of rotatable bonds is 7. The number of aryl methyl sites for hydroxylation is 1. The van der Waals surface area contributed by atoms with Crippen LogP contribution in [0.1, 0.15) is 34.5 Å². The third kappa shape index (κ3) is 5.20. The number of fused-ring (bicyclic) bond motifs is 1. The number of furan rings is 1. The Labute approximate surface area is 193 Å². The summed E-state index contributed by atoms with van der Waals surface area (Å²) < 4.78 is 16.4. The first-order valence-electron chi connectivity index (χ1n) is 11.3. The molecule has 7 nitrogen and oxygen atoms in total. The zero-order chi connectivity index (χ0) is 23.2. The minimum atomic E-state index is -0.147. The third-order valence-corrected chi connectivity index (χ3v) is 6.10. The highest BCUT2D eigenvalue weighted by atomic mass is 16.5. The summed E-state index contributed by atoms with van der Waals surface area (Å²) in [5.74, 6) is 1.10. The van der Waals surface area contributed by atoms with Crippen molar-refractivity contribution < 1.29 is 23.5 Å². The smallest absolute Gasteiger partial charge is 0.290 e. The van der Waals surface area contributed by atoms with Gasteiger partial charge < -0.3 is 23.7 Å². The molecule has 1 saturated heterocycles. The predicted octanol–water partition coefficient (Wildman–Crippen LogP) is 3.90. The summed E-state index contributed by atoms with van der Waals surface area (Å²) in [7, 11) is 3.25. The van der Waals surface area contributed by atoms with Gasteiger partial charge in [-0.15, -0.1) is 0 Å². The molecule has 0 atom stereocenters. The van der Waals surface area contributed by atoms with Crippen molar-refractivity contribution in [2.75, 3.05) is 40.4 Å². The van der Waals surface area contributed by atoms with Crippen LogP contribution in [-0.2, 0) is 22.6 Å². The van der Waals surface area contributed by atoms with E-state index in [0.717, 1.165) is 28.7 Å². The molecule has 2 aromatic carbocycles. The first-order chi connectivity index (χ1) is 16.1. The van der Waals surface area contributed by atoms with Gasteiger partial charge in [0.1, 0.15) is 11.3 Å². The van der Waals surface area contributed by atoms with Crippen LogP contribution in [0.2, 0.25) is 0 Å². The molecule has 1 aliphatic rings. The molecular formula is C26H30N2O5. The maximum atomic E-state index is 13.3. The molecule has 33 heavy (non-hydrogen) atoms. The van der Waals surface area contributed by atoms with E-state index in [0.29, 0.717) is 57.0 Å². The van der Waals surface area contributed by atoms with Gasteiger partial charge in [-0.05, 0) is 36.6 Å². The van der Waals surface area contributed by atoms with Crippen molar-refractivity contribution in [2.45, 2.75) is 25.9 Å². The van der Waals surface area contributed by atoms with Crippen LogP contribution in [0.25, 0.3) is 11.0 Å². The highest BCUT2D eigenvalue weighted by Gasteiger charge is 2.27. The van der Waals surface area contributed by atoms with Gasteiger partial charge in [-0.3, -0.25) is 9.59 Å². The second kappa shape index (κ2) is 10.5. The number of hydrogen-bond acceptors (Lipinski definition) is 5. The van der Waals surface area contributed by atoms with Gasteiger partial charge in [-0.2, -0.15) is 0 Å². The Balaban J connectivity index is 1.38. The highest BCUT2D eigenvalue weighted by Crippen LogP contribution is 2.28. The zero-order valence-electron chi connectivity index (χ0n) is 19.2. The Kier molecular flexibility index (Phi) is 7.29. The molecule has 0 saturated carbocycles. The van der Waals surface area contributed by atoms with Crippen LogP contribution in [0.4, 0.5) is 0 Å². The molecule has 1 aliphatic heterocycles. The van der Waals surface area contributed by atoms with Crippen molar-refractivity contribution in [1.82, 2.24) is 9.80 Å². The second-order valence-corrected chi connectivity index (χ2v) is 8.21. The molecule has 7 heteroatoms. The molecule has 2 heterocycles. The van der Waals surface area contributed by atoms with E-state index in [2.05, 4.69) is 0 Å². The molecule has 1 fully saturated rings. The summed E-state index contributed by atoms with van der Waals surface area (Å²) in [6, 6.07) is 15.4. The Morgan fingerprint density at radius 2 is 1.67 bits per heavy atom. The standard InChI is InChI=1S/C26H30N2O5/c1-31-18-22-21-6-3-4-7-23(21)33-25(22)26(30)28-15-5-14-27(16-17-28)24(29)13-10-19-8-11-20(32-2)12-9-19/h3-4,6-9,11-12H,5,10,13-18H2,1-2H3. The van der Waals surface area contributed by atoms with E-state index in [9.17, 15) is 9.59 Å². The van der Waals surface area contributed by atoms with E-state index in [-0.39, 0.29) is 11.8 Å². The Morgan fingerprint density at radius 3 is 2.42 bits per heavy atom. The molecule has 0 N–H and O–H groups in total. The van der Waals surface area contributed by atoms with Crippen LogP contribution in [0.3, 0.4) is 0 Å². The summed E-state index contributed by atoms with van der Waals surface area (Å²) in [4.78, 5) is 29.8. The van der Waals surface area contributed by atoms with E-state index in [4.69, 9.17) is 13.9 Å². The van der Waals surface area contributed by atoms with Crippen molar-refractivity contribution in [3.8, 4) is 5.75 Å². The van der Waals surface area contributed by atoms with Crippen LogP contribution in [0.15, 0.2) is 52.9 Å². The number of carbonyl (C=O) groups is 2. The maximum Gasteiger partial charge on any atom is 0.290 e. The first-order valence-corrected chi connectivity index (χ1v) is 11.3. The lowest BCUT2D eigenvalue weighted by Gasteiger charge is -2.22. The molecule has 0 spiro atoms. The Morgan fingerprint density at radius 1 is 0.939 bits per heavy atom. The fourth-order valence-electron chi connectivity index (χ4n) is 4.27. The average Bonchev–Trinajstić information content (AvgIpc) is 3.03. The monoisotopic (exact) mass is 450 g/mol. The quantitative estimate of drug-likeness (QED) is 0.546. The lowest BCUT2D eigenvalue weighted by Crippen LogP contribution is -2.37. The van der Waals surface area contributed by atoms with E-state index in [1.54, 1.807) is 19.1 Å². The summed E-state index contributed by atoms with van der Waals surface area (Å²) >= 11 is 0. The first kappa shape index (κ1) is 22.9. The van der Waals surface area contributed by atoms with Crippen LogP contribution >= 0.6 is 0 Å². The number of benzene rings is 2. The van der Waals surface area contributed by atoms with Gasteiger partial charge >= 0.3 is 0 Å². The molecule has 0 aliphatic carbocycles. The lowest BCUT2D eigenvalue weighted by atomic mass is 10.1. The van der Waals surface area contributed by atoms with Gasteiger partial charge in [0, 0.05) is 50.7 Å². The van der Waals surface area contributed by atoms with Crippen molar-refractivity contribution >= 4 is 22.8 Å². The number of carbonyl (C=O) groups excluding carboxylic acids is 2. The zero-order valence-corrected chi connectivity index (χ0v) is 19.2. The second-order valence-electron chi connectivity index (χ2n) is 8.21. The fourth-order valence-corrected chi connectivity index (χ4v) is 4.27. The largest absolute Gasteiger partial charge is 0.497 e. The molecule has 0 bridgehead atoms. The molecule has 4 rings (SSSR count). The molecule has 1 aromatic heterocycles. The number of nitrogens with zero attached hydrogens (tertiary/aromatic N) is 2. The minimum Gasteiger partial charge on any atom is -0.497 e. The fraction of sp³-hybridized carbons (Fsp3) is 0.385. The molecule has 3 aromatic rings. The van der Waals surface area contributed by atoms with Gasteiger partial charge in [0.05, 0.1) is 13.7 Å². The number of hydrogen-bond donors (Lipinski definition) is 0. The van der Waals surface area contributed by atoms with Crippen LogP contribution in [0.5, 0.6) is 5.75 Å². The van der Waals surface area contributed by atoms with Crippen LogP contribution in [-0.4, -0.2) is 62.0 Å². The topological polar surface area (TPSA) is 72.2 Å². The lowest BCUT2D eigenvalue weighted by molar-refractivity contribution is -0.131. The van der Waals surface area contributed by atoms with Crippen molar-refractivity contribution in [1.29, 1.82) is 0 Å². The normalized spacial score (nSPS) is 14.4. The number of ether oxygens (including phenoxy) is 2. The van der Waals surface area contributed by atoms with E-state index < -0.39 is 0 Å². The molecule has 0 radical (unpaired) electrons. The van der Waals surface area contributed by atoms with Gasteiger partial charge in [0.25, 0.3) is 5.91 Å². The van der Waals surface area contributed by atoms with Gasteiger partial charge in [-0.25, -0.2) is 0 Å². The van der Waals surface area contributed by atoms with Gasteiger partial charge in [0.2, 0.25) is 5.91 Å². The summed E-state index contributed by atoms with van der Waals surface area (Å²) in [5.41, 5.74) is 2.55. The summed E-state index contributed by atoms with van der Waals surface area (Å²) in [5, 5.41) is 0.896. The average molecular weight is 451 g/mol.